The van der Waals surface area contributed by atoms with E-state index in [9.17, 15) is 18.0 Å². The van der Waals surface area contributed by atoms with E-state index in [-0.39, 0.29) is 31.2 Å². The van der Waals surface area contributed by atoms with Crippen LogP contribution in [0.1, 0.15) is 62.8 Å². The minimum atomic E-state index is -3.72. The van der Waals surface area contributed by atoms with E-state index in [0.29, 0.717) is 60.6 Å². The molecule has 2 aromatic heterocycles. The first-order chi connectivity index (χ1) is 18.2. The van der Waals surface area contributed by atoms with Crippen molar-refractivity contribution in [1.82, 2.24) is 29.4 Å². The SMILES string of the molecule is Cn1nc(C(=O)CCc2ccc(C#N)cc2)c2c1C(=O)N(CC1(S(=O)(=O)NCc3ncccn3)CC1)CC2. The monoisotopic (exact) mass is 533 g/mol. The average Bonchev–Trinajstić information content (AvgIpc) is 3.65. The molecule has 1 N–H and O–H groups in total. The third-order valence-corrected chi connectivity index (χ3v) is 9.35. The summed E-state index contributed by atoms with van der Waals surface area (Å²) in [5.41, 5.74) is 2.74. The third-order valence-electron chi connectivity index (χ3n) is 7.15. The summed E-state index contributed by atoms with van der Waals surface area (Å²) < 4.78 is 29.2. The highest BCUT2D eigenvalue weighted by Crippen LogP contribution is 2.44. The van der Waals surface area contributed by atoms with Crippen LogP contribution in [0.2, 0.25) is 0 Å². The zero-order valence-corrected chi connectivity index (χ0v) is 21.7. The Balaban J connectivity index is 1.26. The lowest BCUT2D eigenvalue weighted by Crippen LogP contribution is -2.48. The Morgan fingerprint density at radius 2 is 1.89 bits per heavy atom. The Morgan fingerprint density at radius 3 is 2.55 bits per heavy atom. The highest BCUT2D eigenvalue weighted by molar-refractivity contribution is 7.91. The van der Waals surface area contributed by atoms with Gasteiger partial charge in [-0.3, -0.25) is 14.3 Å². The first kappa shape index (κ1) is 25.7. The Hall–Kier alpha value is -3.95. The van der Waals surface area contributed by atoms with Gasteiger partial charge < -0.3 is 4.90 Å². The topological polar surface area (TPSA) is 151 Å². The number of nitriles is 1. The van der Waals surface area contributed by atoms with Gasteiger partial charge in [-0.2, -0.15) is 10.4 Å². The zero-order chi connectivity index (χ0) is 26.9. The van der Waals surface area contributed by atoms with Gasteiger partial charge in [0.1, 0.15) is 22.0 Å². The van der Waals surface area contributed by atoms with Gasteiger partial charge in [0.15, 0.2) is 5.78 Å². The number of nitrogens with zero attached hydrogens (tertiary/aromatic N) is 6. The lowest BCUT2D eigenvalue weighted by Gasteiger charge is -2.31. The number of aryl methyl sites for hydroxylation is 2. The van der Waals surface area contributed by atoms with Gasteiger partial charge in [-0.1, -0.05) is 12.1 Å². The number of sulfonamides is 1. The number of carbonyl (C=O) groups is 2. The highest BCUT2D eigenvalue weighted by Gasteiger charge is 2.56. The maximum Gasteiger partial charge on any atom is 0.272 e. The number of hydrogen-bond acceptors (Lipinski definition) is 8. The van der Waals surface area contributed by atoms with E-state index in [1.54, 1.807) is 42.5 Å². The number of ketones is 1. The van der Waals surface area contributed by atoms with E-state index >= 15 is 0 Å². The first-order valence-electron chi connectivity index (χ1n) is 12.4. The molecule has 1 amide bonds. The standard InChI is InChI=1S/C26H27N7O4S/c1-32-24-20(23(31-32)21(34)8-7-18-3-5-19(15-27)6-4-18)9-14-33(25(24)35)17-26(10-11-26)38(36,37)30-16-22-28-12-2-13-29-22/h2-6,12-13,30H,7-11,14,16-17H2,1H3. The molecule has 2 aliphatic rings. The molecule has 12 heteroatoms. The number of rotatable bonds is 10. The number of benzene rings is 1. The highest BCUT2D eigenvalue weighted by atomic mass is 32.2. The summed E-state index contributed by atoms with van der Waals surface area (Å²) in [6.07, 6.45) is 5.16. The molecule has 0 saturated heterocycles. The molecule has 0 unspecified atom stereocenters. The van der Waals surface area contributed by atoms with E-state index in [1.807, 2.05) is 12.1 Å². The largest absolute Gasteiger partial charge is 0.335 e. The van der Waals surface area contributed by atoms with Gasteiger partial charge in [0.25, 0.3) is 5.91 Å². The van der Waals surface area contributed by atoms with Crippen molar-refractivity contribution in [2.24, 2.45) is 7.05 Å². The number of nitrogens with one attached hydrogen (secondary N) is 1. The smallest absolute Gasteiger partial charge is 0.272 e. The summed E-state index contributed by atoms with van der Waals surface area (Å²) in [7, 11) is -2.09. The van der Waals surface area contributed by atoms with Crippen molar-refractivity contribution in [2.75, 3.05) is 13.1 Å². The Bertz CT molecular complexity index is 1520. The molecular formula is C26H27N7O4S. The van der Waals surface area contributed by atoms with Crippen molar-refractivity contribution in [2.45, 2.75) is 43.4 Å². The molecule has 0 spiro atoms. The number of carbonyl (C=O) groups excluding carboxylic acids is 2. The molecule has 0 atom stereocenters. The van der Waals surface area contributed by atoms with Gasteiger partial charge in [-0.15, -0.1) is 0 Å². The third kappa shape index (κ3) is 4.94. The Morgan fingerprint density at radius 1 is 1.18 bits per heavy atom. The summed E-state index contributed by atoms with van der Waals surface area (Å²) in [6, 6.07) is 10.8. The molecule has 3 heterocycles. The van der Waals surface area contributed by atoms with Crippen molar-refractivity contribution in [3.63, 3.8) is 0 Å². The number of hydrogen-bond donors (Lipinski definition) is 1. The summed E-state index contributed by atoms with van der Waals surface area (Å²) in [5, 5.41) is 13.3. The molecular weight excluding hydrogens is 506 g/mol. The van der Waals surface area contributed by atoms with Crippen molar-refractivity contribution in [3.8, 4) is 6.07 Å². The molecule has 38 heavy (non-hydrogen) atoms. The molecule has 1 saturated carbocycles. The minimum absolute atomic E-state index is 0.0152. The molecule has 1 aliphatic heterocycles. The maximum absolute atomic E-state index is 13.4. The van der Waals surface area contributed by atoms with Crippen LogP contribution >= 0.6 is 0 Å². The predicted octanol–water partition coefficient (Wildman–Crippen LogP) is 1.55. The van der Waals surface area contributed by atoms with Gasteiger partial charge in [0, 0.05) is 44.5 Å². The summed E-state index contributed by atoms with van der Waals surface area (Å²) in [5.74, 6) is -0.0990. The summed E-state index contributed by atoms with van der Waals surface area (Å²) in [6.45, 7) is 0.370. The molecule has 196 valence electrons. The van der Waals surface area contributed by atoms with E-state index in [2.05, 4.69) is 25.9 Å². The maximum atomic E-state index is 13.4. The van der Waals surface area contributed by atoms with Crippen LogP contribution in [0.5, 0.6) is 0 Å². The van der Waals surface area contributed by atoms with Crippen molar-refractivity contribution >= 4 is 21.7 Å². The van der Waals surface area contributed by atoms with Crippen LogP contribution in [0, 0.1) is 11.3 Å². The number of fused-ring (bicyclic) bond motifs is 1. The van der Waals surface area contributed by atoms with Crippen LogP contribution in [0.4, 0.5) is 0 Å². The lowest BCUT2D eigenvalue weighted by molar-refractivity contribution is 0.0724. The van der Waals surface area contributed by atoms with Crippen molar-refractivity contribution in [1.29, 1.82) is 5.26 Å². The van der Waals surface area contributed by atoms with Gasteiger partial charge in [-0.25, -0.2) is 23.1 Å². The summed E-state index contributed by atoms with van der Waals surface area (Å²) in [4.78, 5) is 36.1. The van der Waals surface area contributed by atoms with Crippen LogP contribution in [0.25, 0.3) is 0 Å². The fourth-order valence-electron chi connectivity index (χ4n) is 4.80. The predicted molar refractivity (Wildman–Crippen MR) is 136 cm³/mol. The quantitative estimate of drug-likeness (QED) is 0.386. The lowest BCUT2D eigenvalue weighted by atomic mass is 9.98. The molecule has 1 aromatic carbocycles. The minimum Gasteiger partial charge on any atom is -0.335 e. The Labute approximate surface area is 220 Å². The van der Waals surface area contributed by atoms with Gasteiger partial charge >= 0.3 is 0 Å². The molecule has 1 aliphatic carbocycles. The second kappa shape index (κ2) is 10.1. The van der Waals surface area contributed by atoms with Crippen LogP contribution in [-0.4, -0.2) is 62.6 Å². The molecule has 5 rings (SSSR count). The van der Waals surface area contributed by atoms with Gasteiger partial charge in [-0.05, 0) is 49.4 Å². The van der Waals surface area contributed by atoms with Gasteiger partial charge in [0.05, 0.1) is 18.2 Å². The molecule has 0 radical (unpaired) electrons. The van der Waals surface area contributed by atoms with Crippen LogP contribution in [0.3, 0.4) is 0 Å². The normalized spacial score (nSPS) is 16.1. The van der Waals surface area contributed by atoms with Crippen molar-refractivity contribution < 1.29 is 18.0 Å². The second-order valence-corrected chi connectivity index (χ2v) is 11.8. The fraction of sp³-hybridized carbons (Fsp3) is 0.385. The van der Waals surface area contributed by atoms with Gasteiger partial charge in [0.2, 0.25) is 10.0 Å². The molecule has 11 nitrogen and oxygen atoms in total. The number of amides is 1. The summed E-state index contributed by atoms with van der Waals surface area (Å²) >= 11 is 0. The number of aromatic nitrogens is 4. The molecule has 0 bridgehead atoms. The van der Waals surface area contributed by atoms with Crippen LogP contribution in [-0.2, 0) is 36.5 Å². The zero-order valence-electron chi connectivity index (χ0n) is 20.9. The average molecular weight is 534 g/mol. The molecule has 3 aromatic rings. The first-order valence-corrected chi connectivity index (χ1v) is 13.8. The van der Waals surface area contributed by atoms with E-state index in [1.165, 1.54) is 4.68 Å². The second-order valence-electron chi connectivity index (χ2n) is 9.68. The van der Waals surface area contributed by atoms with E-state index in [4.69, 9.17) is 5.26 Å². The van der Waals surface area contributed by atoms with E-state index < -0.39 is 14.8 Å². The van der Waals surface area contributed by atoms with Crippen LogP contribution < -0.4 is 4.72 Å². The molecule has 1 fully saturated rings. The Kier molecular flexibility index (Phi) is 6.81. The van der Waals surface area contributed by atoms with Crippen LogP contribution in [0.15, 0.2) is 42.7 Å². The fourth-order valence-corrected chi connectivity index (χ4v) is 6.39. The van der Waals surface area contributed by atoms with E-state index in [0.717, 1.165) is 5.56 Å². The van der Waals surface area contributed by atoms with Crippen molar-refractivity contribution in [3.05, 3.63) is 76.6 Å². The number of Topliss-reactive ketones (excluding diaryl/α,β-unsaturated/α-hetero) is 1.